The first-order chi connectivity index (χ1) is 9.72. The van der Waals surface area contributed by atoms with Crippen molar-refractivity contribution in [2.45, 2.75) is 13.5 Å². The van der Waals surface area contributed by atoms with Crippen molar-refractivity contribution in [3.8, 4) is 0 Å². The summed E-state index contributed by atoms with van der Waals surface area (Å²) in [5.41, 5.74) is 2.42. The molecule has 0 atom stereocenters. The van der Waals surface area contributed by atoms with Gasteiger partial charge in [-0.15, -0.1) is 11.3 Å². The van der Waals surface area contributed by atoms with Crippen molar-refractivity contribution in [3.63, 3.8) is 0 Å². The zero-order valence-electron chi connectivity index (χ0n) is 11.0. The second-order valence-corrected chi connectivity index (χ2v) is 5.42. The number of fused-ring (bicyclic) bond motifs is 1. The van der Waals surface area contributed by atoms with Gasteiger partial charge in [0.2, 0.25) is 0 Å². The molecule has 0 saturated heterocycles. The molecule has 1 aromatic carbocycles. The zero-order valence-corrected chi connectivity index (χ0v) is 11.8. The third-order valence-electron chi connectivity index (χ3n) is 2.93. The average Bonchev–Trinajstić information content (AvgIpc) is 2.90. The average molecular weight is 283 g/mol. The van der Waals surface area contributed by atoms with Gasteiger partial charge in [-0.25, -0.2) is 4.98 Å². The van der Waals surface area contributed by atoms with Gasteiger partial charge in [-0.3, -0.25) is 9.78 Å². The Kier molecular flexibility index (Phi) is 3.43. The van der Waals surface area contributed by atoms with E-state index in [1.807, 2.05) is 36.6 Å². The van der Waals surface area contributed by atoms with Crippen LogP contribution in [0.15, 0.2) is 41.9 Å². The lowest BCUT2D eigenvalue weighted by molar-refractivity contribution is 0.0951. The van der Waals surface area contributed by atoms with E-state index in [0.717, 1.165) is 21.6 Å². The van der Waals surface area contributed by atoms with E-state index in [9.17, 15) is 4.79 Å². The van der Waals surface area contributed by atoms with Gasteiger partial charge in [0.25, 0.3) is 5.91 Å². The van der Waals surface area contributed by atoms with Crippen LogP contribution >= 0.6 is 11.3 Å². The van der Waals surface area contributed by atoms with Crippen LogP contribution in [0.4, 0.5) is 0 Å². The Morgan fingerprint density at radius 3 is 3.05 bits per heavy atom. The number of benzene rings is 1. The molecule has 3 aromatic rings. The number of aromatic nitrogens is 2. The smallest absolute Gasteiger partial charge is 0.251 e. The topological polar surface area (TPSA) is 54.9 Å². The standard InChI is InChI=1S/C15H13N3OS/c1-10-9-20-14(18-10)8-17-15(19)12-5-4-11-3-2-6-16-13(11)7-12/h2-7,9H,8H2,1H3,(H,17,19). The van der Waals surface area contributed by atoms with E-state index in [0.29, 0.717) is 12.1 Å². The van der Waals surface area contributed by atoms with Crippen LogP contribution in [0.25, 0.3) is 10.9 Å². The SMILES string of the molecule is Cc1csc(CNC(=O)c2ccc3cccnc3c2)n1. The lowest BCUT2D eigenvalue weighted by Gasteiger charge is -2.04. The minimum atomic E-state index is -0.106. The summed E-state index contributed by atoms with van der Waals surface area (Å²) in [6.07, 6.45) is 1.72. The third-order valence-corrected chi connectivity index (χ3v) is 3.90. The molecule has 1 amide bonds. The molecule has 4 nitrogen and oxygen atoms in total. The summed E-state index contributed by atoms with van der Waals surface area (Å²) < 4.78 is 0. The van der Waals surface area contributed by atoms with Crippen LogP contribution in [0.5, 0.6) is 0 Å². The minimum absolute atomic E-state index is 0.106. The Labute approximate surface area is 120 Å². The summed E-state index contributed by atoms with van der Waals surface area (Å²) in [6, 6.07) is 9.38. The molecule has 2 heterocycles. The molecule has 0 bridgehead atoms. The molecule has 0 aliphatic heterocycles. The normalized spacial score (nSPS) is 10.7. The summed E-state index contributed by atoms with van der Waals surface area (Å²) in [7, 11) is 0. The molecule has 0 radical (unpaired) electrons. The first-order valence-electron chi connectivity index (χ1n) is 6.26. The van der Waals surface area contributed by atoms with Crippen LogP contribution < -0.4 is 5.32 Å². The van der Waals surface area contributed by atoms with Crippen LogP contribution in [-0.4, -0.2) is 15.9 Å². The van der Waals surface area contributed by atoms with Gasteiger partial charge in [0.1, 0.15) is 5.01 Å². The fraction of sp³-hybridized carbons (Fsp3) is 0.133. The van der Waals surface area contributed by atoms with Crippen LogP contribution in [0.3, 0.4) is 0 Å². The number of aryl methyl sites for hydroxylation is 1. The van der Waals surface area contributed by atoms with E-state index in [-0.39, 0.29) is 5.91 Å². The minimum Gasteiger partial charge on any atom is -0.346 e. The third kappa shape index (κ3) is 2.67. The molecule has 0 aliphatic carbocycles. The Hall–Kier alpha value is -2.27. The van der Waals surface area contributed by atoms with Gasteiger partial charge >= 0.3 is 0 Å². The maximum atomic E-state index is 12.1. The van der Waals surface area contributed by atoms with Gasteiger partial charge in [-0.1, -0.05) is 12.1 Å². The van der Waals surface area contributed by atoms with Gasteiger partial charge in [0, 0.05) is 28.2 Å². The van der Waals surface area contributed by atoms with Crippen molar-refractivity contribution in [2.24, 2.45) is 0 Å². The monoisotopic (exact) mass is 283 g/mol. The first kappa shape index (κ1) is 12.7. The van der Waals surface area contributed by atoms with E-state index < -0.39 is 0 Å². The van der Waals surface area contributed by atoms with E-state index in [2.05, 4.69) is 15.3 Å². The fourth-order valence-corrected chi connectivity index (χ4v) is 2.66. The van der Waals surface area contributed by atoms with Gasteiger partial charge in [-0.2, -0.15) is 0 Å². The second kappa shape index (κ2) is 5.38. The van der Waals surface area contributed by atoms with Gasteiger partial charge < -0.3 is 5.32 Å². The molecule has 5 heteroatoms. The maximum absolute atomic E-state index is 12.1. The predicted octanol–water partition coefficient (Wildman–Crippen LogP) is 2.93. The summed E-state index contributed by atoms with van der Waals surface area (Å²) in [4.78, 5) is 20.7. The summed E-state index contributed by atoms with van der Waals surface area (Å²) in [5.74, 6) is -0.106. The molecule has 0 spiro atoms. The highest BCUT2D eigenvalue weighted by molar-refractivity contribution is 7.09. The van der Waals surface area contributed by atoms with Gasteiger partial charge in [0.15, 0.2) is 0 Å². The number of nitrogens with zero attached hydrogens (tertiary/aromatic N) is 2. The van der Waals surface area contributed by atoms with Crippen LogP contribution in [0.2, 0.25) is 0 Å². The molecule has 1 N–H and O–H groups in total. The molecule has 0 aliphatic rings. The van der Waals surface area contributed by atoms with E-state index in [1.54, 1.807) is 23.6 Å². The number of amides is 1. The Balaban J connectivity index is 1.75. The number of pyridine rings is 1. The van der Waals surface area contributed by atoms with Crippen LogP contribution in [0.1, 0.15) is 21.1 Å². The number of carbonyl (C=O) groups is 1. The largest absolute Gasteiger partial charge is 0.346 e. The van der Waals surface area contributed by atoms with E-state index in [1.165, 1.54) is 0 Å². The molecule has 20 heavy (non-hydrogen) atoms. The Morgan fingerprint density at radius 2 is 2.25 bits per heavy atom. The predicted molar refractivity (Wildman–Crippen MR) is 79.8 cm³/mol. The number of hydrogen-bond donors (Lipinski definition) is 1. The van der Waals surface area contributed by atoms with Gasteiger partial charge in [0.05, 0.1) is 12.1 Å². The zero-order chi connectivity index (χ0) is 13.9. The van der Waals surface area contributed by atoms with Crippen molar-refractivity contribution in [3.05, 3.63) is 58.2 Å². The Morgan fingerprint density at radius 1 is 1.35 bits per heavy atom. The van der Waals surface area contributed by atoms with Crippen molar-refractivity contribution < 1.29 is 4.79 Å². The second-order valence-electron chi connectivity index (χ2n) is 4.48. The highest BCUT2D eigenvalue weighted by Gasteiger charge is 2.07. The van der Waals surface area contributed by atoms with Gasteiger partial charge in [-0.05, 0) is 25.1 Å². The highest BCUT2D eigenvalue weighted by Crippen LogP contribution is 2.13. The summed E-state index contributed by atoms with van der Waals surface area (Å²) in [6.45, 7) is 2.40. The van der Waals surface area contributed by atoms with Crippen LogP contribution in [-0.2, 0) is 6.54 Å². The first-order valence-corrected chi connectivity index (χ1v) is 7.14. The quantitative estimate of drug-likeness (QED) is 0.804. The van der Waals surface area contributed by atoms with Crippen molar-refractivity contribution in [1.29, 1.82) is 0 Å². The highest BCUT2D eigenvalue weighted by atomic mass is 32.1. The number of thiazole rings is 1. The number of carbonyl (C=O) groups excluding carboxylic acids is 1. The molecule has 2 aromatic heterocycles. The number of hydrogen-bond acceptors (Lipinski definition) is 4. The molecule has 0 fully saturated rings. The van der Waals surface area contributed by atoms with Crippen molar-refractivity contribution in [2.75, 3.05) is 0 Å². The summed E-state index contributed by atoms with van der Waals surface area (Å²) >= 11 is 1.55. The lowest BCUT2D eigenvalue weighted by Crippen LogP contribution is -2.22. The van der Waals surface area contributed by atoms with E-state index >= 15 is 0 Å². The van der Waals surface area contributed by atoms with E-state index in [4.69, 9.17) is 0 Å². The molecular formula is C15H13N3OS. The van der Waals surface area contributed by atoms with Crippen LogP contribution in [0, 0.1) is 6.92 Å². The molecule has 0 unspecified atom stereocenters. The summed E-state index contributed by atoms with van der Waals surface area (Å²) in [5, 5.41) is 6.79. The lowest BCUT2D eigenvalue weighted by atomic mass is 10.1. The number of rotatable bonds is 3. The maximum Gasteiger partial charge on any atom is 0.251 e. The Bertz CT molecular complexity index is 766. The fourth-order valence-electron chi connectivity index (χ4n) is 1.95. The van der Waals surface area contributed by atoms with Crippen molar-refractivity contribution in [1.82, 2.24) is 15.3 Å². The molecular weight excluding hydrogens is 270 g/mol. The molecule has 3 rings (SSSR count). The molecule has 100 valence electrons. The number of nitrogens with one attached hydrogen (secondary N) is 1. The van der Waals surface area contributed by atoms with Crippen molar-refractivity contribution >= 4 is 28.1 Å². The molecule has 0 saturated carbocycles.